The van der Waals surface area contributed by atoms with Gasteiger partial charge >= 0.3 is 0 Å². The Kier molecular flexibility index (Phi) is 2.64. The molecule has 0 saturated heterocycles. The molecule has 82 valence electrons. The minimum atomic E-state index is -0.101. The number of hydrogen-bond acceptors (Lipinski definition) is 3. The van der Waals surface area contributed by atoms with Gasteiger partial charge < -0.3 is 15.6 Å². The van der Waals surface area contributed by atoms with E-state index in [1.165, 1.54) is 0 Å². The van der Waals surface area contributed by atoms with Crippen LogP contribution in [-0.2, 0) is 6.42 Å². The largest absolute Gasteiger partial charge is 0.508 e. The molecule has 1 fully saturated rings. The van der Waals surface area contributed by atoms with E-state index >= 15 is 0 Å². The van der Waals surface area contributed by atoms with Gasteiger partial charge in [-0.2, -0.15) is 0 Å². The molecule has 1 saturated carbocycles. The van der Waals surface area contributed by atoms with Crippen LogP contribution in [0, 0.1) is 0 Å². The first-order valence-electron chi connectivity index (χ1n) is 4.88. The summed E-state index contributed by atoms with van der Waals surface area (Å²) in [5, 5.41) is 9.76. The van der Waals surface area contributed by atoms with Crippen LogP contribution < -0.4 is 10.5 Å². The fraction of sp³-hybridized carbons (Fsp3) is 0.455. The topological polar surface area (TPSA) is 55.5 Å². The molecule has 2 rings (SSSR count). The third-order valence-corrected chi connectivity index (χ3v) is 3.41. The summed E-state index contributed by atoms with van der Waals surface area (Å²) in [5.41, 5.74) is 6.77. The Hall–Kier alpha value is -0.740. The number of phenolic OH excluding ortho intramolecular Hbond substituents is 1. The predicted octanol–water partition coefficient (Wildman–Crippen LogP) is 2.20. The van der Waals surface area contributed by atoms with Crippen molar-refractivity contribution < 1.29 is 9.84 Å². The van der Waals surface area contributed by atoms with Gasteiger partial charge in [-0.3, -0.25) is 0 Å². The number of hydrogen-bond donors (Lipinski definition) is 2. The fourth-order valence-corrected chi connectivity index (χ4v) is 2.09. The first-order valence-corrected chi connectivity index (χ1v) is 5.68. The van der Waals surface area contributed by atoms with Crippen LogP contribution in [0.4, 0.5) is 0 Å². The average Bonchev–Trinajstić information content (AvgIpc) is 2.89. The molecule has 3 N–H and O–H groups in total. The highest BCUT2D eigenvalue weighted by Crippen LogP contribution is 2.40. The zero-order valence-electron chi connectivity index (χ0n) is 8.59. The molecule has 0 atom stereocenters. The van der Waals surface area contributed by atoms with Crippen LogP contribution in [-0.4, -0.2) is 17.8 Å². The van der Waals surface area contributed by atoms with Gasteiger partial charge in [0, 0.05) is 5.54 Å². The maximum Gasteiger partial charge on any atom is 0.133 e. The Balaban J connectivity index is 2.29. The molecule has 0 amide bonds. The minimum Gasteiger partial charge on any atom is -0.508 e. The minimum absolute atomic E-state index is 0.101. The second-order valence-corrected chi connectivity index (χ2v) is 5.01. The van der Waals surface area contributed by atoms with Crippen molar-refractivity contribution in [2.45, 2.75) is 24.8 Å². The van der Waals surface area contributed by atoms with Crippen LogP contribution in [0.15, 0.2) is 16.6 Å². The van der Waals surface area contributed by atoms with Crippen LogP contribution >= 0.6 is 15.9 Å². The predicted molar refractivity (Wildman–Crippen MR) is 62.2 cm³/mol. The van der Waals surface area contributed by atoms with Crippen molar-refractivity contribution in [2.75, 3.05) is 7.11 Å². The number of phenols is 1. The summed E-state index contributed by atoms with van der Waals surface area (Å²) in [6.07, 6.45) is 2.78. The van der Waals surface area contributed by atoms with E-state index in [2.05, 4.69) is 15.9 Å². The van der Waals surface area contributed by atoms with E-state index in [4.69, 9.17) is 10.5 Å². The molecular formula is C11H14BrNO2. The average molecular weight is 272 g/mol. The smallest absolute Gasteiger partial charge is 0.133 e. The van der Waals surface area contributed by atoms with E-state index < -0.39 is 0 Å². The third kappa shape index (κ3) is 2.26. The number of halogens is 1. The fourth-order valence-electron chi connectivity index (χ4n) is 1.60. The molecule has 1 aromatic rings. The van der Waals surface area contributed by atoms with E-state index in [1.54, 1.807) is 13.2 Å². The molecule has 0 spiro atoms. The molecule has 0 aliphatic heterocycles. The van der Waals surface area contributed by atoms with Gasteiger partial charge in [0.15, 0.2) is 0 Å². The molecule has 0 radical (unpaired) electrons. The summed E-state index contributed by atoms with van der Waals surface area (Å²) >= 11 is 3.32. The summed E-state index contributed by atoms with van der Waals surface area (Å²) in [4.78, 5) is 0. The standard InChI is InChI=1S/C11H14BrNO2/c1-15-10-4-7(6-11(13)2-3-11)9(14)5-8(10)12/h4-5,14H,2-3,6,13H2,1H3. The molecule has 4 heteroatoms. The molecule has 0 bridgehead atoms. The van der Waals surface area contributed by atoms with E-state index in [1.807, 2.05) is 6.07 Å². The van der Waals surface area contributed by atoms with Gasteiger partial charge in [0.2, 0.25) is 0 Å². The summed E-state index contributed by atoms with van der Waals surface area (Å²) in [7, 11) is 1.61. The van der Waals surface area contributed by atoms with Crippen LogP contribution in [0.2, 0.25) is 0 Å². The highest BCUT2D eigenvalue weighted by molar-refractivity contribution is 9.10. The molecule has 1 aliphatic carbocycles. The molecule has 1 aromatic carbocycles. The summed E-state index contributed by atoms with van der Waals surface area (Å²) < 4.78 is 5.93. The lowest BCUT2D eigenvalue weighted by Gasteiger charge is -2.12. The first-order chi connectivity index (χ1) is 7.04. The number of benzene rings is 1. The zero-order chi connectivity index (χ0) is 11.1. The van der Waals surface area contributed by atoms with Crippen molar-refractivity contribution in [1.82, 2.24) is 0 Å². The lowest BCUT2D eigenvalue weighted by Crippen LogP contribution is -2.24. The number of ether oxygens (including phenoxy) is 1. The number of rotatable bonds is 3. The van der Waals surface area contributed by atoms with E-state index in [0.29, 0.717) is 6.42 Å². The summed E-state index contributed by atoms with van der Waals surface area (Å²) in [5.74, 6) is 1.01. The number of methoxy groups -OCH3 is 1. The van der Waals surface area contributed by atoms with Crippen molar-refractivity contribution >= 4 is 15.9 Å². The van der Waals surface area contributed by atoms with E-state index in [0.717, 1.165) is 28.6 Å². The SMILES string of the molecule is COc1cc(CC2(N)CC2)c(O)cc1Br. The van der Waals surface area contributed by atoms with Gasteiger partial charge in [0.05, 0.1) is 11.6 Å². The Labute approximate surface area is 97.4 Å². The van der Waals surface area contributed by atoms with Crippen molar-refractivity contribution in [2.24, 2.45) is 5.73 Å². The number of aromatic hydroxyl groups is 1. The molecular weight excluding hydrogens is 258 g/mol. The lowest BCUT2D eigenvalue weighted by molar-refractivity contribution is 0.407. The molecule has 3 nitrogen and oxygen atoms in total. The van der Waals surface area contributed by atoms with Crippen molar-refractivity contribution in [3.8, 4) is 11.5 Å². The quantitative estimate of drug-likeness (QED) is 0.886. The highest BCUT2D eigenvalue weighted by Gasteiger charge is 2.38. The van der Waals surface area contributed by atoms with Crippen molar-refractivity contribution in [3.05, 3.63) is 22.2 Å². The maximum atomic E-state index is 9.76. The van der Waals surface area contributed by atoms with Crippen LogP contribution in [0.25, 0.3) is 0 Å². The first kappa shape index (κ1) is 10.8. The van der Waals surface area contributed by atoms with Gasteiger partial charge in [0.25, 0.3) is 0 Å². The Bertz CT molecular complexity index is 388. The second kappa shape index (κ2) is 3.68. The van der Waals surface area contributed by atoms with Crippen molar-refractivity contribution in [3.63, 3.8) is 0 Å². The van der Waals surface area contributed by atoms with E-state index in [9.17, 15) is 5.11 Å². The van der Waals surface area contributed by atoms with Gasteiger partial charge in [-0.25, -0.2) is 0 Å². The molecule has 0 heterocycles. The van der Waals surface area contributed by atoms with Crippen LogP contribution in [0.1, 0.15) is 18.4 Å². The lowest BCUT2D eigenvalue weighted by atomic mass is 10.0. The Morgan fingerprint density at radius 1 is 1.53 bits per heavy atom. The van der Waals surface area contributed by atoms with Crippen LogP contribution in [0.5, 0.6) is 11.5 Å². The van der Waals surface area contributed by atoms with Gasteiger partial charge in [-0.1, -0.05) is 0 Å². The highest BCUT2D eigenvalue weighted by atomic mass is 79.9. The van der Waals surface area contributed by atoms with Gasteiger partial charge in [0.1, 0.15) is 11.5 Å². The Morgan fingerprint density at radius 3 is 2.73 bits per heavy atom. The zero-order valence-corrected chi connectivity index (χ0v) is 10.2. The van der Waals surface area contributed by atoms with Crippen molar-refractivity contribution in [1.29, 1.82) is 0 Å². The molecule has 1 aliphatic rings. The normalized spacial score (nSPS) is 17.5. The third-order valence-electron chi connectivity index (χ3n) is 2.79. The van der Waals surface area contributed by atoms with Gasteiger partial charge in [-0.15, -0.1) is 0 Å². The van der Waals surface area contributed by atoms with Crippen LogP contribution in [0.3, 0.4) is 0 Å². The maximum absolute atomic E-state index is 9.76. The Morgan fingerprint density at radius 2 is 2.20 bits per heavy atom. The van der Waals surface area contributed by atoms with E-state index in [-0.39, 0.29) is 11.3 Å². The monoisotopic (exact) mass is 271 g/mol. The van der Waals surface area contributed by atoms with Gasteiger partial charge in [-0.05, 0) is 52.9 Å². The molecule has 0 unspecified atom stereocenters. The molecule has 15 heavy (non-hydrogen) atoms. The summed E-state index contributed by atoms with van der Waals surface area (Å²) in [6, 6.07) is 3.49. The number of nitrogens with two attached hydrogens (primary N) is 1. The molecule has 0 aromatic heterocycles. The second-order valence-electron chi connectivity index (χ2n) is 4.15. The summed E-state index contributed by atoms with van der Waals surface area (Å²) in [6.45, 7) is 0.